The highest BCUT2D eigenvalue weighted by Gasteiger charge is 2.22. The van der Waals surface area contributed by atoms with Crippen LogP contribution in [0.4, 0.5) is 0 Å². The van der Waals surface area contributed by atoms with Gasteiger partial charge in [0, 0.05) is 42.9 Å². The molecule has 5 nitrogen and oxygen atoms in total. The van der Waals surface area contributed by atoms with Crippen LogP contribution in [-0.4, -0.2) is 15.9 Å². The minimum absolute atomic E-state index is 0.135. The van der Waals surface area contributed by atoms with Gasteiger partial charge in [-0.2, -0.15) is 0 Å². The molecule has 0 aliphatic heterocycles. The molecule has 0 aliphatic rings. The van der Waals surface area contributed by atoms with Crippen molar-refractivity contribution < 1.29 is 4.79 Å². The topological polar surface area (TPSA) is 66.9 Å². The molecule has 132 valence electrons. The molecule has 1 aromatic carbocycles. The molecule has 0 aliphatic carbocycles. The lowest BCUT2D eigenvalue weighted by Gasteiger charge is -2.20. The Morgan fingerprint density at radius 1 is 0.885 bits per heavy atom. The van der Waals surface area contributed by atoms with Crippen LogP contribution in [0.5, 0.6) is 0 Å². The number of amides is 1. The van der Waals surface area contributed by atoms with Crippen molar-refractivity contribution in [2.24, 2.45) is 0 Å². The van der Waals surface area contributed by atoms with E-state index in [0.717, 1.165) is 16.7 Å². The molecule has 0 spiro atoms. The van der Waals surface area contributed by atoms with Crippen molar-refractivity contribution in [2.45, 2.75) is 19.1 Å². The summed E-state index contributed by atoms with van der Waals surface area (Å²) in [7, 11) is 0. The summed E-state index contributed by atoms with van der Waals surface area (Å²) < 4.78 is 0. The number of carbonyl (C=O) groups excluding carboxylic acids is 1. The molecule has 3 rings (SSSR count). The van der Waals surface area contributed by atoms with Gasteiger partial charge >= 0.3 is 0 Å². The summed E-state index contributed by atoms with van der Waals surface area (Å²) in [5.74, 6) is -0.135. The predicted octanol–water partition coefficient (Wildman–Crippen LogP) is 3.28. The average molecular weight is 367 g/mol. The SMILES string of the molecule is O=C(NCc1ccncc1)C(NCc1ccncc1)c1ccccc1Cl. The van der Waals surface area contributed by atoms with E-state index >= 15 is 0 Å². The quantitative estimate of drug-likeness (QED) is 0.673. The first kappa shape index (κ1) is 18.0. The van der Waals surface area contributed by atoms with Crippen LogP contribution in [0.15, 0.2) is 73.3 Å². The Hall–Kier alpha value is -2.76. The van der Waals surface area contributed by atoms with Gasteiger partial charge in [-0.05, 0) is 47.0 Å². The fraction of sp³-hybridized carbons (Fsp3) is 0.150. The van der Waals surface area contributed by atoms with Crippen molar-refractivity contribution in [1.82, 2.24) is 20.6 Å². The van der Waals surface area contributed by atoms with Gasteiger partial charge in [0.1, 0.15) is 6.04 Å². The number of carbonyl (C=O) groups is 1. The molecule has 6 heteroatoms. The van der Waals surface area contributed by atoms with Crippen molar-refractivity contribution in [2.75, 3.05) is 0 Å². The number of halogens is 1. The van der Waals surface area contributed by atoms with Crippen LogP contribution < -0.4 is 10.6 Å². The summed E-state index contributed by atoms with van der Waals surface area (Å²) in [6.45, 7) is 0.959. The molecule has 2 aromatic heterocycles. The molecular weight excluding hydrogens is 348 g/mol. The Balaban J connectivity index is 1.73. The monoisotopic (exact) mass is 366 g/mol. The van der Waals surface area contributed by atoms with Crippen LogP contribution in [0.2, 0.25) is 5.02 Å². The lowest BCUT2D eigenvalue weighted by molar-refractivity contribution is -0.123. The van der Waals surface area contributed by atoms with E-state index < -0.39 is 6.04 Å². The van der Waals surface area contributed by atoms with Gasteiger partial charge in [-0.25, -0.2) is 0 Å². The highest BCUT2D eigenvalue weighted by molar-refractivity contribution is 6.31. The van der Waals surface area contributed by atoms with Gasteiger partial charge in [0.25, 0.3) is 0 Å². The van der Waals surface area contributed by atoms with Crippen LogP contribution in [0.25, 0.3) is 0 Å². The van der Waals surface area contributed by atoms with E-state index in [4.69, 9.17) is 11.6 Å². The summed E-state index contributed by atoms with van der Waals surface area (Å²) in [4.78, 5) is 20.8. The second kappa shape index (κ2) is 9.08. The van der Waals surface area contributed by atoms with Gasteiger partial charge < -0.3 is 5.32 Å². The van der Waals surface area contributed by atoms with Crippen molar-refractivity contribution >= 4 is 17.5 Å². The molecule has 3 aromatic rings. The maximum absolute atomic E-state index is 12.8. The van der Waals surface area contributed by atoms with E-state index in [1.807, 2.05) is 42.5 Å². The third-order valence-electron chi connectivity index (χ3n) is 3.95. The fourth-order valence-electron chi connectivity index (χ4n) is 2.57. The number of rotatable bonds is 7. The van der Waals surface area contributed by atoms with E-state index in [9.17, 15) is 4.79 Å². The minimum Gasteiger partial charge on any atom is -0.350 e. The zero-order chi connectivity index (χ0) is 18.2. The molecule has 0 saturated heterocycles. The molecule has 0 radical (unpaired) electrons. The highest BCUT2D eigenvalue weighted by Crippen LogP contribution is 2.23. The van der Waals surface area contributed by atoms with Crippen molar-refractivity contribution in [3.05, 3.63) is 95.0 Å². The van der Waals surface area contributed by atoms with E-state index in [0.29, 0.717) is 18.1 Å². The Morgan fingerprint density at radius 3 is 2.08 bits per heavy atom. The van der Waals surface area contributed by atoms with Crippen LogP contribution in [-0.2, 0) is 17.9 Å². The molecule has 0 bridgehead atoms. The van der Waals surface area contributed by atoms with Gasteiger partial charge in [0.05, 0.1) is 0 Å². The molecule has 1 amide bonds. The number of nitrogens with one attached hydrogen (secondary N) is 2. The average Bonchev–Trinajstić information content (AvgIpc) is 2.69. The fourth-order valence-corrected chi connectivity index (χ4v) is 2.81. The number of hydrogen-bond donors (Lipinski definition) is 2. The molecule has 0 fully saturated rings. The number of benzene rings is 1. The molecule has 2 heterocycles. The van der Waals surface area contributed by atoms with Crippen molar-refractivity contribution in [3.8, 4) is 0 Å². The Morgan fingerprint density at radius 2 is 1.46 bits per heavy atom. The smallest absolute Gasteiger partial charge is 0.242 e. The standard InChI is InChI=1S/C20H19ClN4O/c21-18-4-2-1-3-17(18)19(24-13-15-5-9-22-10-6-15)20(26)25-14-16-7-11-23-12-8-16/h1-12,19,24H,13-14H2,(H,25,26). The molecule has 2 N–H and O–H groups in total. The first-order valence-electron chi connectivity index (χ1n) is 8.27. The van der Waals surface area contributed by atoms with E-state index in [1.165, 1.54) is 0 Å². The minimum atomic E-state index is -0.557. The second-order valence-electron chi connectivity index (χ2n) is 5.76. The number of aromatic nitrogens is 2. The van der Waals surface area contributed by atoms with E-state index in [2.05, 4.69) is 20.6 Å². The largest absolute Gasteiger partial charge is 0.350 e. The summed E-state index contributed by atoms with van der Waals surface area (Å²) in [5.41, 5.74) is 2.77. The summed E-state index contributed by atoms with van der Waals surface area (Å²) in [6, 6.07) is 14.4. The third-order valence-corrected chi connectivity index (χ3v) is 4.30. The normalized spacial score (nSPS) is 11.7. The zero-order valence-electron chi connectivity index (χ0n) is 14.1. The van der Waals surface area contributed by atoms with Crippen LogP contribution >= 0.6 is 11.6 Å². The highest BCUT2D eigenvalue weighted by atomic mass is 35.5. The maximum Gasteiger partial charge on any atom is 0.242 e. The van der Waals surface area contributed by atoms with Gasteiger partial charge in [-0.15, -0.1) is 0 Å². The summed E-state index contributed by atoms with van der Waals surface area (Å²) in [6.07, 6.45) is 6.86. The van der Waals surface area contributed by atoms with Gasteiger partial charge in [0.15, 0.2) is 0 Å². The molecule has 0 saturated carbocycles. The number of nitrogens with zero attached hydrogens (tertiary/aromatic N) is 2. The lowest BCUT2D eigenvalue weighted by atomic mass is 10.1. The first-order valence-corrected chi connectivity index (χ1v) is 8.65. The Kier molecular flexibility index (Phi) is 6.30. The molecule has 1 unspecified atom stereocenters. The van der Waals surface area contributed by atoms with Crippen molar-refractivity contribution in [3.63, 3.8) is 0 Å². The van der Waals surface area contributed by atoms with Gasteiger partial charge in [0.2, 0.25) is 5.91 Å². The molecule has 26 heavy (non-hydrogen) atoms. The lowest BCUT2D eigenvalue weighted by Crippen LogP contribution is -2.37. The Labute approximate surface area is 157 Å². The molecular formula is C20H19ClN4O. The summed E-state index contributed by atoms with van der Waals surface area (Å²) >= 11 is 6.32. The van der Waals surface area contributed by atoms with Gasteiger partial charge in [-0.3, -0.25) is 20.1 Å². The number of pyridine rings is 2. The summed E-state index contributed by atoms with van der Waals surface area (Å²) in [5, 5.41) is 6.81. The maximum atomic E-state index is 12.8. The zero-order valence-corrected chi connectivity index (χ0v) is 14.9. The Bertz CT molecular complexity index is 843. The second-order valence-corrected chi connectivity index (χ2v) is 6.17. The van der Waals surface area contributed by atoms with E-state index in [1.54, 1.807) is 30.9 Å². The van der Waals surface area contributed by atoms with Crippen LogP contribution in [0.1, 0.15) is 22.7 Å². The van der Waals surface area contributed by atoms with E-state index in [-0.39, 0.29) is 5.91 Å². The van der Waals surface area contributed by atoms with Crippen LogP contribution in [0, 0.1) is 0 Å². The van der Waals surface area contributed by atoms with Gasteiger partial charge in [-0.1, -0.05) is 29.8 Å². The predicted molar refractivity (Wildman–Crippen MR) is 101 cm³/mol. The first-order chi connectivity index (χ1) is 12.7. The van der Waals surface area contributed by atoms with Crippen LogP contribution in [0.3, 0.4) is 0 Å². The molecule has 1 atom stereocenters. The van der Waals surface area contributed by atoms with Crippen molar-refractivity contribution in [1.29, 1.82) is 0 Å². The third kappa shape index (κ3) is 4.88. The number of hydrogen-bond acceptors (Lipinski definition) is 4.